The second-order valence-electron chi connectivity index (χ2n) is 13.8. The number of aliphatic carboxylic acids is 1. The number of nitrogens with one attached hydrogen (secondary N) is 1. The summed E-state index contributed by atoms with van der Waals surface area (Å²) in [6.07, 6.45) is 18.0. The van der Waals surface area contributed by atoms with Crippen LogP contribution in [0.3, 0.4) is 0 Å². The Morgan fingerprint density at radius 1 is 0.714 bits per heavy atom. The lowest BCUT2D eigenvalue weighted by atomic mass is 9.99. The number of carbonyl (C=O) groups is 2. The van der Waals surface area contributed by atoms with Gasteiger partial charge in [-0.25, -0.2) is 0 Å². The quantitative estimate of drug-likeness (QED) is 0.0849. The molecule has 0 bridgehead atoms. The first-order valence-electron chi connectivity index (χ1n) is 19.3. The van der Waals surface area contributed by atoms with E-state index in [1.54, 1.807) is 0 Å². The van der Waals surface area contributed by atoms with Crippen LogP contribution in [0.1, 0.15) is 159 Å². The number of ether oxygens (including phenoxy) is 2. The van der Waals surface area contributed by atoms with E-state index in [1.807, 2.05) is 36.4 Å². The van der Waals surface area contributed by atoms with Gasteiger partial charge < -0.3 is 29.9 Å². The van der Waals surface area contributed by atoms with Gasteiger partial charge in [0.05, 0.1) is 18.8 Å². The minimum atomic E-state index is -0.800. The third kappa shape index (κ3) is 16.7. The number of anilines is 1. The fourth-order valence-corrected chi connectivity index (χ4v) is 6.53. The number of aliphatic hydroxyl groups excluding tert-OH is 1. The summed E-state index contributed by atoms with van der Waals surface area (Å²) in [5, 5.41) is 21.3. The number of unbranched alkanes of at least 4 members (excludes halogenated alkanes) is 12. The zero-order chi connectivity index (χ0) is 35.1. The van der Waals surface area contributed by atoms with E-state index in [4.69, 9.17) is 14.6 Å². The van der Waals surface area contributed by atoms with Crippen LogP contribution in [0.4, 0.5) is 5.69 Å². The van der Waals surface area contributed by atoms with Gasteiger partial charge in [-0.05, 0) is 62.0 Å². The minimum Gasteiger partial charge on any atom is -0.481 e. The molecule has 0 saturated carbocycles. The summed E-state index contributed by atoms with van der Waals surface area (Å²) in [4.78, 5) is 25.8. The van der Waals surface area contributed by atoms with Crippen LogP contribution in [0, 0.1) is 0 Å². The number of benzene rings is 2. The van der Waals surface area contributed by atoms with E-state index in [-0.39, 0.29) is 31.1 Å². The Labute approximate surface area is 296 Å². The SMILES string of the molecule is CCCCCCCCN(CCCCCCCC)CC1CC(c2ccc(CO)cc2)OC(c2ccc(NC(=O)CCCCCC(=O)O)cc2)O1. The topological polar surface area (TPSA) is 108 Å². The molecule has 1 aliphatic rings. The molecular formula is C41H64N2O6. The smallest absolute Gasteiger partial charge is 0.303 e. The lowest BCUT2D eigenvalue weighted by molar-refractivity contribution is -0.253. The molecule has 3 unspecified atom stereocenters. The Morgan fingerprint density at radius 2 is 1.27 bits per heavy atom. The maximum atomic E-state index is 12.5. The Kier molecular flexibility index (Phi) is 20.2. The second kappa shape index (κ2) is 24.4. The molecule has 1 saturated heterocycles. The van der Waals surface area contributed by atoms with Gasteiger partial charge in [-0.15, -0.1) is 0 Å². The molecule has 49 heavy (non-hydrogen) atoms. The van der Waals surface area contributed by atoms with Crippen LogP contribution in [-0.2, 0) is 25.7 Å². The van der Waals surface area contributed by atoms with Crippen molar-refractivity contribution in [2.75, 3.05) is 25.0 Å². The highest BCUT2D eigenvalue weighted by Crippen LogP contribution is 2.38. The Bertz CT molecular complexity index is 1160. The number of carboxylic acid groups (broad SMARTS) is 1. The van der Waals surface area contributed by atoms with Gasteiger partial charge in [0.15, 0.2) is 6.29 Å². The average molecular weight is 681 g/mol. The number of carboxylic acids is 1. The van der Waals surface area contributed by atoms with E-state index in [2.05, 4.69) is 36.2 Å². The van der Waals surface area contributed by atoms with Gasteiger partial charge in [-0.3, -0.25) is 9.59 Å². The van der Waals surface area contributed by atoms with Crippen LogP contribution in [0.15, 0.2) is 48.5 Å². The number of aliphatic hydroxyl groups is 1. The molecule has 0 spiro atoms. The van der Waals surface area contributed by atoms with Crippen molar-refractivity contribution in [2.45, 2.75) is 155 Å². The van der Waals surface area contributed by atoms with Crippen molar-refractivity contribution in [3.8, 4) is 0 Å². The highest BCUT2D eigenvalue weighted by molar-refractivity contribution is 5.90. The first-order chi connectivity index (χ1) is 23.9. The molecule has 1 heterocycles. The van der Waals surface area contributed by atoms with Crippen molar-refractivity contribution < 1.29 is 29.3 Å². The largest absolute Gasteiger partial charge is 0.481 e. The Balaban J connectivity index is 1.66. The third-order valence-corrected chi connectivity index (χ3v) is 9.49. The van der Waals surface area contributed by atoms with Gasteiger partial charge in [-0.2, -0.15) is 0 Å². The van der Waals surface area contributed by atoms with Crippen molar-refractivity contribution in [1.82, 2.24) is 4.90 Å². The van der Waals surface area contributed by atoms with Crippen LogP contribution in [-0.4, -0.2) is 52.7 Å². The molecule has 0 aliphatic carbocycles. The van der Waals surface area contributed by atoms with Crippen LogP contribution in [0.5, 0.6) is 0 Å². The monoisotopic (exact) mass is 680 g/mol. The highest BCUT2D eigenvalue weighted by atomic mass is 16.7. The highest BCUT2D eigenvalue weighted by Gasteiger charge is 2.33. The van der Waals surface area contributed by atoms with Crippen molar-refractivity contribution >= 4 is 17.6 Å². The first-order valence-corrected chi connectivity index (χ1v) is 19.3. The first kappa shape index (κ1) is 40.6. The molecule has 3 atom stereocenters. The van der Waals surface area contributed by atoms with Gasteiger partial charge >= 0.3 is 5.97 Å². The molecule has 3 rings (SSSR count). The number of carbonyl (C=O) groups excluding carboxylic acids is 1. The van der Waals surface area contributed by atoms with Crippen LogP contribution in [0.25, 0.3) is 0 Å². The summed E-state index contributed by atoms with van der Waals surface area (Å²) in [6, 6.07) is 15.7. The van der Waals surface area contributed by atoms with E-state index >= 15 is 0 Å². The lowest BCUT2D eigenvalue weighted by Crippen LogP contribution is -2.40. The number of hydrogen-bond donors (Lipinski definition) is 3. The van der Waals surface area contributed by atoms with Crippen LogP contribution < -0.4 is 5.32 Å². The zero-order valence-corrected chi connectivity index (χ0v) is 30.4. The number of nitrogens with zero attached hydrogens (tertiary/aromatic N) is 1. The van der Waals surface area contributed by atoms with Crippen LogP contribution >= 0.6 is 0 Å². The molecule has 0 aromatic heterocycles. The normalized spacial score (nSPS) is 17.8. The van der Waals surface area contributed by atoms with E-state index in [1.165, 1.54) is 77.0 Å². The predicted octanol–water partition coefficient (Wildman–Crippen LogP) is 9.72. The molecule has 2 aromatic rings. The maximum absolute atomic E-state index is 12.5. The van der Waals surface area contributed by atoms with Crippen LogP contribution in [0.2, 0.25) is 0 Å². The summed E-state index contributed by atoms with van der Waals surface area (Å²) in [5.41, 5.74) is 3.59. The molecule has 1 amide bonds. The number of amides is 1. The van der Waals surface area contributed by atoms with Gasteiger partial charge in [-0.1, -0.05) is 121 Å². The number of hydrogen-bond acceptors (Lipinski definition) is 6. The van der Waals surface area contributed by atoms with Gasteiger partial charge in [0.25, 0.3) is 0 Å². The van der Waals surface area contributed by atoms with Crippen molar-refractivity contribution in [2.24, 2.45) is 0 Å². The van der Waals surface area contributed by atoms with Gasteiger partial charge in [0.1, 0.15) is 0 Å². The maximum Gasteiger partial charge on any atom is 0.303 e. The summed E-state index contributed by atoms with van der Waals surface area (Å²) >= 11 is 0. The summed E-state index contributed by atoms with van der Waals surface area (Å²) in [7, 11) is 0. The molecule has 8 nitrogen and oxygen atoms in total. The molecule has 3 N–H and O–H groups in total. The fraction of sp³-hybridized carbons (Fsp3) is 0.659. The Hall–Kier alpha value is -2.78. The van der Waals surface area contributed by atoms with Crippen molar-refractivity contribution in [3.05, 3.63) is 65.2 Å². The molecule has 1 aliphatic heterocycles. The second-order valence-corrected chi connectivity index (χ2v) is 13.8. The summed E-state index contributed by atoms with van der Waals surface area (Å²) in [5.74, 6) is -0.873. The van der Waals surface area contributed by atoms with Crippen molar-refractivity contribution in [1.29, 1.82) is 0 Å². The average Bonchev–Trinajstić information content (AvgIpc) is 3.11. The predicted molar refractivity (Wildman–Crippen MR) is 197 cm³/mol. The molecule has 8 heteroatoms. The summed E-state index contributed by atoms with van der Waals surface area (Å²) in [6.45, 7) is 7.60. The van der Waals surface area contributed by atoms with Gasteiger partial charge in [0.2, 0.25) is 5.91 Å². The van der Waals surface area contributed by atoms with Gasteiger partial charge in [0, 0.05) is 37.1 Å². The third-order valence-electron chi connectivity index (χ3n) is 9.49. The molecular weight excluding hydrogens is 616 g/mol. The van der Waals surface area contributed by atoms with E-state index in [0.717, 1.165) is 49.2 Å². The van der Waals surface area contributed by atoms with E-state index < -0.39 is 12.3 Å². The fourth-order valence-electron chi connectivity index (χ4n) is 6.53. The zero-order valence-electron chi connectivity index (χ0n) is 30.4. The lowest BCUT2D eigenvalue weighted by Gasteiger charge is -2.38. The standard InChI is InChI=1S/C41H64N2O6/c1-3-5-7-9-11-16-28-43(29-17-12-10-8-6-4-2)31-37-30-38(34-22-20-33(32-44)21-23-34)49-41(48-37)35-24-26-36(27-25-35)42-39(45)18-14-13-15-19-40(46)47/h20-27,37-38,41,44H,3-19,28-32H2,1-2H3,(H,42,45)(H,46,47). The number of rotatable bonds is 26. The molecule has 0 radical (unpaired) electrons. The van der Waals surface area contributed by atoms with Crippen molar-refractivity contribution in [3.63, 3.8) is 0 Å². The molecule has 2 aromatic carbocycles. The van der Waals surface area contributed by atoms with E-state index in [9.17, 15) is 14.7 Å². The Morgan fingerprint density at radius 3 is 1.86 bits per heavy atom. The summed E-state index contributed by atoms with van der Waals surface area (Å²) < 4.78 is 13.3. The molecule has 1 fully saturated rings. The molecule has 274 valence electrons. The minimum absolute atomic E-state index is 0.00181. The van der Waals surface area contributed by atoms with E-state index in [0.29, 0.717) is 24.9 Å².